The van der Waals surface area contributed by atoms with Gasteiger partial charge in [-0.3, -0.25) is 9.59 Å². The Balaban J connectivity index is 1.70. The molecular weight excluding hydrogens is 250 g/mol. The second kappa shape index (κ2) is 5.88. The molecule has 0 aromatic heterocycles. The lowest BCUT2D eigenvalue weighted by Gasteiger charge is -2.20. The van der Waals surface area contributed by atoms with Gasteiger partial charge in [-0.1, -0.05) is 0 Å². The quantitative estimate of drug-likeness (QED) is 0.788. The molecule has 0 unspecified atom stereocenters. The maximum atomic E-state index is 11.9. The van der Waals surface area contributed by atoms with Gasteiger partial charge in [0.1, 0.15) is 6.61 Å². The van der Waals surface area contributed by atoms with E-state index in [4.69, 9.17) is 14.6 Å². The molecule has 2 atom stereocenters. The minimum atomic E-state index is -0.844. The van der Waals surface area contributed by atoms with Gasteiger partial charge in [-0.15, -0.1) is 0 Å². The molecule has 6 nitrogen and oxygen atoms in total. The molecule has 6 heteroatoms. The highest BCUT2D eigenvalue weighted by atomic mass is 16.5. The molecule has 0 aliphatic carbocycles. The standard InChI is InChI=1S/C13H21NO5/c1-13(12(16)17)4-5-14(9-13)11(15)8-18-7-10-3-2-6-19-10/h10H,2-9H2,1H3,(H,16,17)/t10-,13+/m0/s1. The van der Waals surface area contributed by atoms with Crippen molar-refractivity contribution in [2.24, 2.45) is 5.41 Å². The molecule has 0 aromatic rings. The van der Waals surface area contributed by atoms with Crippen LogP contribution >= 0.6 is 0 Å². The molecule has 0 saturated carbocycles. The van der Waals surface area contributed by atoms with Crippen molar-refractivity contribution in [1.29, 1.82) is 0 Å². The Hall–Kier alpha value is -1.14. The third-order valence-corrected chi connectivity index (χ3v) is 3.90. The van der Waals surface area contributed by atoms with E-state index in [1.807, 2.05) is 0 Å². The molecule has 0 bridgehead atoms. The summed E-state index contributed by atoms with van der Waals surface area (Å²) >= 11 is 0. The summed E-state index contributed by atoms with van der Waals surface area (Å²) in [5.74, 6) is -0.981. The monoisotopic (exact) mass is 271 g/mol. The lowest BCUT2D eigenvalue weighted by Crippen LogP contribution is -2.37. The second-order valence-electron chi connectivity index (χ2n) is 5.58. The number of carbonyl (C=O) groups is 2. The van der Waals surface area contributed by atoms with Crippen molar-refractivity contribution in [3.63, 3.8) is 0 Å². The first-order valence-electron chi connectivity index (χ1n) is 6.72. The number of hydrogen-bond donors (Lipinski definition) is 1. The summed E-state index contributed by atoms with van der Waals surface area (Å²) in [5.41, 5.74) is -0.815. The molecular formula is C13H21NO5. The van der Waals surface area contributed by atoms with E-state index in [2.05, 4.69) is 0 Å². The summed E-state index contributed by atoms with van der Waals surface area (Å²) in [7, 11) is 0. The van der Waals surface area contributed by atoms with Crippen LogP contribution in [0.25, 0.3) is 0 Å². The average Bonchev–Trinajstić information content (AvgIpc) is 2.99. The molecule has 1 N–H and O–H groups in total. The molecule has 19 heavy (non-hydrogen) atoms. The van der Waals surface area contributed by atoms with Crippen molar-refractivity contribution in [3.8, 4) is 0 Å². The first kappa shape index (κ1) is 14.3. The normalized spacial score (nSPS) is 30.8. The van der Waals surface area contributed by atoms with Gasteiger partial charge in [0.25, 0.3) is 0 Å². The van der Waals surface area contributed by atoms with E-state index in [9.17, 15) is 9.59 Å². The Labute approximate surface area is 112 Å². The molecule has 0 spiro atoms. The minimum Gasteiger partial charge on any atom is -0.481 e. The van der Waals surface area contributed by atoms with Crippen molar-refractivity contribution in [1.82, 2.24) is 4.90 Å². The van der Waals surface area contributed by atoms with Crippen LogP contribution in [0.4, 0.5) is 0 Å². The minimum absolute atomic E-state index is 0.00948. The molecule has 0 aromatic carbocycles. The van der Waals surface area contributed by atoms with Crippen LogP contribution < -0.4 is 0 Å². The fourth-order valence-corrected chi connectivity index (χ4v) is 2.49. The van der Waals surface area contributed by atoms with Gasteiger partial charge in [-0.05, 0) is 26.2 Å². The van der Waals surface area contributed by atoms with Crippen LogP contribution in [0.15, 0.2) is 0 Å². The van der Waals surface area contributed by atoms with Crippen molar-refractivity contribution in [2.75, 3.05) is 32.9 Å². The largest absolute Gasteiger partial charge is 0.481 e. The van der Waals surface area contributed by atoms with Crippen molar-refractivity contribution >= 4 is 11.9 Å². The first-order valence-corrected chi connectivity index (χ1v) is 6.72. The Morgan fingerprint density at radius 1 is 1.53 bits per heavy atom. The average molecular weight is 271 g/mol. The Bertz CT molecular complexity index is 353. The highest BCUT2D eigenvalue weighted by molar-refractivity contribution is 5.81. The van der Waals surface area contributed by atoms with Crippen LogP contribution in [0.5, 0.6) is 0 Å². The second-order valence-corrected chi connectivity index (χ2v) is 5.58. The lowest BCUT2D eigenvalue weighted by molar-refractivity contribution is -0.147. The van der Waals surface area contributed by atoms with Crippen molar-refractivity contribution < 1.29 is 24.2 Å². The molecule has 2 rings (SSSR count). The molecule has 2 aliphatic heterocycles. The number of amides is 1. The van der Waals surface area contributed by atoms with E-state index in [1.54, 1.807) is 11.8 Å². The van der Waals surface area contributed by atoms with Crippen molar-refractivity contribution in [3.05, 3.63) is 0 Å². The van der Waals surface area contributed by atoms with E-state index in [0.29, 0.717) is 19.6 Å². The summed E-state index contributed by atoms with van der Waals surface area (Å²) in [5, 5.41) is 9.11. The zero-order valence-electron chi connectivity index (χ0n) is 11.3. The SMILES string of the molecule is C[C@@]1(C(=O)O)CCN(C(=O)COC[C@@H]2CCCO2)C1. The predicted molar refractivity (Wildman–Crippen MR) is 66.7 cm³/mol. The third kappa shape index (κ3) is 3.45. The topological polar surface area (TPSA) is 76.1 Å². The predicted octanol–water partition coefficient (Wildman–Crippen LogP) is 0.505. The molecule has 2 fully saturated rings. The molecule has 2 saturated heterocycles. The molecule has 0 radical (unpaired) electrons. The van der Waals surface area contributed by atoms with Gasteiger partial charge in [0.05, 0.1) is 18.1 Å². The number of hydrogen-bond acceptors (Lipinski definition) is 4. The maximum absolute atomic E-state index is 11.9. The zero-order valence-corrected chi connectivity index (χ0v) is 11.3. The maximum Gasteiger partial charge on any atom is 0.311 e. The van der Waals surface area contributed by atoms with Crippen LogP contribution in [0.2, 0.25) is 0 Å². The van der Waals surface area contributed by atoms with Crippen molar-refractivity contribution in [2.45, 2.75) is 32.3 Å². The van der Waals surface area contributed by atoms with Crippen LogP contribution in [0, 0.1) is 5.41 Å². The van der Waals surface area contributed by atoms with Gasteiger partial charge in [-0.25, -0.2) is 0 Å². The van der Waals surface area contributed by atoms with Gasteiger partial charge in [0, 0.05) is 19.7 Å². The fourth-order valence-electron chi connectivity index (χ4n) is 2.49. The zero-order chi connectivity index (χ0) is 13.9. The number of likely N-dealkylation sites (tertiary alicyclic amines) is 1. The van der Waals surface area contributed by atoms with Gasteiger partial charge < -0.3 is 19.5 Å². The van der Waals surface area contributed by atoms with E-state index in [0.717, 1.165) is 19.4 Å². The Morgan fingerprint density at radius 3 is 2.89 bits per heavy atom. The number of aliphatic carboxylic acids is 1. The number of carboxylic acids is 1. The highest BCUT2D eigenvalue weighted by Crippen LogP contribution is 2.30. The van der Waals surface area contributed by atoms with Gasteiger partial charge >= 0.3 is 5.97 Å². The summed E-state index contributed by atoms with van der Waals surface area (Å²) in [4.78, 5) is 24.6. The molecule has 2 heterocycles. The Kier molecular flexibility index (Phi) is 4.42. The number of ether oxygens (including phenoxy) is 2. The highest BCUT2D eigenvalue weighted by Gasteiger charge is 2.42. The number of rotatable bonds is 5. The smallest absolute Gasteiger partial charge is 0.311 e. The summed E-state index contributed by atoms with van der Waals surface area (Å²) in [6.07, 6.45) is 2.63. The van der Waals surface area contributed by atoms with Gasteiger partial charge in [-0.2, -0.15) is 0 Å². The molecule has 108 valence electrons. The third-order valence-electron chi connectivity index (χ3n) is 3.90. The number of nitrogens with zero attached hydrogens (tertiary/aromatic N) is 1. The van der Waals surface area contributed by atoms with Crippen LogP contribution in [-0.2, 0) is 19.1 Å². The fraction of sp³-hybridized carbons (Fsp3) is 0.846. The van der Waals surface area contributed by atoms with Crippen LogP contribution in [0.1, 0.15) is 26.2 Å². The summed E-state index contributed by atoms with van der Waals surface area (Å²) in [6, 6.07) is 0. The van der Waals surface area contributed by atoms with E-state index in [1.165, 1.54) is 0 Å². The number of carbonyl (C=O) groups excluding carboxylic acids is 1. The Morgan fingerprint density at radius 2 is 2.32 bits per heavy atom. The number of carboxylic acid groups (broad SMARTS) is 1. The summed E-state index contributed by atoms with van der Waals surface area (Å²) < 4.78 is 10.8. The first-order chi connectivity index (χ1) is 9.01. The van der Waals surface area contributed by atoms with E-state index >= 15 is 0 Å². The van der Waals surface area contributed by atoms with E-state index < -0.39 is 11.4 Å². The van der Waals surface area contributed by atoms with Gasteiger partial charge in [0.2, 0.25) is 5.91 Å². The van der Waals surface area contributed by atoms with Crippen LogP contribution in [-0.4, -0.2) is 60.9 Å². The lowest BCUT2D eigenvalue weighted by atomic mass is 9.90. The molecule has 2 aliphatic rings. The van der Waals surface area contributed by atoms with Crippen LogP contribution in [0.3, 0.4) is 0 Å². The van der Waals surface area contributed by atoms with Gasteiger partial charge in [0.15, 0.2) is 0 Å². The molecule has 1 amide bonds. The van der Waals surface area contributed by atoms with E-state index in [-0.39, 0.29) is 25.2 Å². The summed E-state index contributed by atoms with van der Waals surface area (Å²) in [6.45, 7) is 3.65.